The molecular weight excluding hydrogens is 470 g/mol. The van der Waals surface area contributed by atoms with Gasteiger partial charge in [0.1, 0.15) is 6.54 Å². The number of aromatic nitrogens is 1. The minimum atomic E-state index is -0.825. The van der Waals surface area contributed by atoms with Crippen LogP contribution < -0.4 is 0 Å². The van der Waals surface area contributed by atoms with Gasteiger partial charge in [0.25, 0.3) is 0 Å². The fraction of sp³-hybridized carbons (Fsp3) is 0.250. The zero-order chi connectivity index (χ0) is 16.8. The summed E-state index contributed by atoms with van der Waals surface area (Å²) in [5.41, 5.74) is 4.36. The standard InChI is InChI=1S/C18H16NO2.C2H6.W/c1-13-16(11-14-7-3-2-4-8-14)15-9-5-6-10-17(15)19(13)12-18(20)21;1-2;/h2-4,6-10H,11-12H2,1H3,(H,20,21);1-2H3;/q-1;;. The number of aliphatic carboxylic acids is 1. The zero-order valence-electron chi connectivity index (χ0n) is 14.2. The van der Waals surface area contributed by atoms with Gasteiger partial charge in [-0.1, -0.05) is 55.3 Å². The van der Waals surface area contributed by atoms with E-state index < -0.39 is 5.97 Å². The predicted molar refractivity (Wildman–Crippen MR) is 93.7 cm³/mol. The molecule has 4 heteroatoms. The third kappa shape index (κ3) is 4.36. The smallest absolute Gasteiger partial charge is 0.323 e. The van der Waals surface area contributed by atoms with E-state index in [-0.39, 0.29) is 27.6 Å². The molecule has 1 N–H and O–H groups in total. The fourth-order valence-electron chi connectivity index (χ4n) is 2.80. The Kier molecular flexibility index (Phi) is 7.94. The van der Waals surface area contributed by atoms with Gasteiger partial charge in [0, 0.05) is 26.8 Å². The molecule has 2 aromatic carbocycles. The first kappa shape index (κ1) is 20.2. The van der Waals surface area contributed by atoms with Crippen molar-refractivity contribution in [2.45, 2.75) is 33.7 Å². The maximum absolute atomic E-state index is 11.1. The van der Waals surface area contributed by atoms with Gasteiger partial charge >= 0.3 is 5.97 Å². The van der Waals surface area contributed by atoms with E-state index in [9.17, 15) is 4.79 Å². The molecule has 3 aromatic rings. The Labute approximate surface area is 157 Å². The van der Waals surface area contributed by atoms with Crippen molar-refractivity contribution in [2.24, 2.45) is 0 Å². The fourth-order valence-corrected chi connectivity index (χ4v) is 2.80. The van der Waals surface area contributed by atoms with Crippen LogP contribution in [0.25, 0.3) is 10.9 Å². The summed E-state index contributed by atoms with van der Waals surface area (Å²) in [6, 6.07) is 19.0. The Hall–Kier alpha value is -1.86. The van der Waals surface area contributed by atoms with Crippen molar-refractivity contribution in [1.29, 1.82) is 0 Å². The van der Waals surface area contributed by atoms with Gasteiger partial charge in [0.05, 0.1) is 0 Å². The van der Waals surface area contributed by atoms with E-state index in [0.29, 0.717) is 0 Å². The van der Waals surface area contributed by atoms with Gasteiger partial charge in [0.15, 0.2) is 0 Å². The maximum atomic E-state index is 11.1. The van der Waals surface area contributed by atoms with Crippen molar-refractivity contribution in [2.75, 3.05) is 0 Å². The van der Waals surface area contributed by atoms with E-state index >= 15 is 0 Å². The minimum Gasteiger partial charge on any atom is -0.480 e. The molecule has 126 valence electrons. The zero-order valence-corrected chi connectivity index (χ0v) is 17.2. The van der Waals surface area contributed by atoms with Crippen LogP contribution in [0.1, 0.15) is 30.7 Å². The molecule has 0 saturated heterocycles. The van der Waals surface area contributed by atoms with E-state index in [0.717, 1.165) is 23.0 Å². The first-order valence-corrected chi connectivity index (χ1v) is 7.90. The Morgan fingerprint density at radius 1 is 1.17 bits per heavy atom. The summed E-state index contributed by atoms with van der Waals surface area (Å²) in [5.74, 6) is -0.825. The van der Waals surface area contributed by atoms with Gasteiger partial charge in [-0.15, -0.1) is 11.5 Å². The van der Waals surface area contributed by atoms with Crippen molar-refractivity contribution in [3.8, 4) is 0 Å². The van der Waals surface area contributed by atoms with Crippen LogP contribution in [0.4, 0.5) is 0 Å². The summed E-state index contributed by atoms with van der Waals surface area (Å²) in [6.45, 7) is 5.97. The molecule has 0 atom stereocenters. The molecule has 0 aliphatic rings. The maximum Gasteiger partial charge on any atom is 0.323 e. The first-order chi connectivity index (χ1) is 11.2. The van der Waals surface area contributed by atoms with Crippen LogP contribution in [-0.4, -0.2) is 15.6 Å². The molecular formula is C20H22NO2W-. The van der Waals surface area contributed by atoms with Crippen LogP contribution in [0, 0.1) is 13.0 Å². The van der Waals surface area contributed by atoms with E-state index in [4.69, 9.17) is 5.11 Å². The van der Waals surface area contributed by atoms with Crippen LogP contribution >= 0.6 is 0 Å². The third-order valence-electron chi connectivity index (χ3n) is 3.82. The van der Waals surface area contributed by atoms with Gasteiger partial charge in [0.2, 0.25) is 0 Å². The Morgan fingerprint density at radius 2 is 1.83 bits per heavy atom. The largest absolute Gasteiger partial charge is 0.480 e. The molecule has 0 saturated carbocycles. The minimum absolute atomic E-state index is 0. The molecule has 0 aliphatic heterocycles. The van der Waals surface area contributed by atoms with E-state index in [1.165, 1.54) is 11.1 Å². The Bertz CT molecular complexity index is 794. The number of fused-ring (bicyclic) bond motifs is 1. The van der Waals surface area contributed by atoms with Crippen LogP contribution in [0.3, 0.4) is 0 Å². The Morgan fingerprint density at radius 3 is 2.46 bits per heavy atom. The normalized spacial score (nSPS) is 9.79. The number of carbonyl (C=O) groups is 1. The first-order valence-electron chi connectivity index (χ1n) is 7.90. The van der Waals surface area contributed by atoms with Crippen LogP contribution in [0.15, 0.2) is 48.5 Å². The number of rotatable bonds is 4. The molecule has 0 radical (unpaired) electrons. The van der Waals surface area contributed by atoms with Crippen LogP contribution in [0.5, 0.6) is 0 Å². The molecule has 0 aliphatic carbocycles. The average molecular weight is 492 g/mol. The number of hydrogen-bond donors (Lipinski definition) is 1. The van der Waals surface area contributed by atoms with Crippen molar-refractivity contribution in [3.63, 3.8) is 0 Å². The second-order valence-corrected chi connectivity index (χ2v) is 5.15. The molecule has 1 heterocycles. The number of carboxylic acid groups (broad SMARTS) is 1. The summed E-state index contributed by atoms with van der Waals surface area (Å²) in [7, 11) is 0. The molecule has 0 bridgehead atoms. The van der Waals surface area contributed by atoms with Gasteiger partial charge in [-0.25, -0.2) is 0 Å². The molecule has 0 fully saturated rings. The quantitative estimate of drug-likeness (QED) is 0.548. The average Bonchev–Trinajstić information content (AvgIpc) is 2.83. The van der Waals surface area contributed by atoms with E-state index in [1.807, 2.05) is 61.7 Å². The van der Waals surface area contributed by atoms with Crippen molar-refractivity contribution in [3.05, 3.63) is 71.4 Å². The summed E-state index contributed by atoms with van der Waals surface area (Å²) in [4.78, 5) is 11.1. The predicted octanol–water partition coefficient (Wildman–Crippen LogP) is 4.45. The SMILES string of the molecule is CC.Cc1c(Cc2ccccc2)c2c[c-]ccc2n1CC(=O)O.[W]. The second kappa shape index (κ2) is 9.44. The van der Waals surface area contributed by atoms with Crippen molar-refractivity contribution >= 4 is 16.9 Å². The monoisotopic (exact) mass is 492 g/mol. The third-order valence-corrected chi connectivity index (χ3v) is 3.82. The second-order valence-electron chi connectivity index (χ2n) is 5.15. The van der Waals surface area contributed by atoms with Crippen LogP contribution in [0.2, 0.25) is 0 Å². The Balaban J connectivity index is 0.000000925. The van der Waals surface area contributed by atoms with E-state index in [1.54, 1.807) is 0 Å². The topological polar surface area (TPSA) is 42.2 Å². The molecule has 3 nitrogen and oxygen atoms in total. The number of hydrogen-bond acceptors (Lipinski definition) is 1. The summed E-state index contributed by atoms with van der Waals surface area (Å²) < 4.78 is 1.86. The molecule has 3 rings (SSSR count). The van der Waals surface area contributed by atoms with E-state index in [2.05, 4.69) is 18.2 Å². The molecule has 1 aromatic heterocycles. The van der Waals surface area contributed by atoms with Gasteiger partial charge < -0.3 is 9.67 Å². The molecule has 0 spiro atoms. The number of benzene rings is 2. The van der Waals surface area contributed by atoms with Gasteiger partial charge in [-0.05, 0) is 18.9 Å². The molecule has 0 unspecified atom stereocenters. The summed E-state index contributed by atoms with van der Waals surface area (Å²) in [6.07, 6.45) is 0.799. The number of carboxylic acids is 1. The molecule has 24 heavy (non-hydrogen) atoms. The summed E-state index contributed by atoms with van der Waals surface area (Å²) in [5, 5.41) is 10.2. The number of nitrogens with zero attached hydrogens (tertiary/aromatic N) is 1. The summed E-state index contributed by atoms with van der Waals surface area (Å²) >= 11 is 0. The van der Waals surface area contributed by atoms with Gasteiger partial charge in [-0.3, -0.25) is 4.79 Å². The van der Waals surface area contributed by atoms with Gasteiger partial charge in [-0.2, -0.15) is 18.2 Å². The van der Waals surface area contributed by atoms with Crippen LogP contribution in [-0.2, 0) is 38.8 Å². The molecule has 0 amide bonds. The van der Waals surface area contributed by atoms with Crippen molar-refractivity contribution in [1.82, 2.24) is 4.57 Å². The van der Waals surface area contributed by atoms with Crippen molar-refractivity contribution < 1.29 is 31.0 Å².